The van der Waals surface area contributed by atoms with Gasteiger partial charge in [0.25, 0.3) is 0 Å². The van der Waals surface area contributed by atoms with Crippen LogP contribution in [0.25, 0.3) is 0 Å². The van der Waals surface area contributed by atoms with Crippen LogP contribution in [0.4, 0.5) is 0 Å². The Morgan fingerprint density at radius 1 is 1.57 bits per heavy atom. The average molecular weight is 328 g/mol. The summed E-state index contributed by atoms with van der Waals surface area (Å²) in [4.78, 5) is 6.16. The highest BCUT2D eigenvalue weighted by Gasteiger charge is 2.24. The molecular weight excluding hydrogens is 308 g/mol. The van der Waals surface area contributed by atoms with E-state index >= 15 is 0 Å². The zero-order valence-electron chi connectivity index (χ0n) is 11.9. The van der Waals surface area contributed by atoms with Crippen LogP contribution >= 0.6 is 12.2 Å². The number of nitrogens with one attached hydrogen (secondary N) is 1. The number of likely N-dealkylation sites (tertiary alicyclic amines) is 1. The molecule has 3 N–H and O–H groups in total. The number of thiocarbonyl (C=S) groups is 1. The van der Waals surface area contributed by atoms with Crippen LogP contribution in [0.3, 0.4) is 0 Å². The Morgan fingerprint density at radius 2 is 2.33 bits per heavy atom. The SMILES string of the molecule is CN1CCCCC1CNS(=O)(=O)c1cccnc1C(N)=S. The van der Waals surface area contributed by atoms with Gasteiger partial charge < -0.3 is 10.6 Å². The minimum atomic E-state index is -3.67. The van der Waals surface area contributed by atoms with E-state index in [1.165, 1.54) is 12.3 Å². The molecule has 0 aromatic carbocycles. The molecule has 2 rings (SSSR count). The van der Waals surface area contributed by atoms with Crippen LogP contribution in [0.5, 0.6) is 0 Å². The minimum absolute atomic E-state index is 0.0224. The second-order valence-corrected chi connectivity index (χ2v) is 7.37. The first kappa shape index (κ1) is 16.3. The van der Waals surface area contributed by atoms with E-state index < -0.39 is 10.0 Å². The monoisotopic (exact) mass is 328 g/mol. The predicted molar refractivity (Wildman–Crippen MR) is 85.6 cm³/mol. The van der Waals surface area contributed by atoms with Crippen LogP contribution in [0.1, 0.15) is 25.0 Å². The number of hydrogen-bond acceptors (Lipinski definition) is 5. The van der Waals surface area contributed by atoms with Crippen LogP contribution in [-0.2, 0) is 10.0 Å². The number of piperidine rings is 1. The number of pyridine rings is 1. The van der Waals surface area contributed by atoms with Crippen LogP contribution in [-0.4, -0.2) is 49.5 Å². The second kappa shape index (κ2) is 6.78. The molecule has 0 saturated carbocycles. The normalized spacial score (nSPS) is 20.3. The summed E-state index contributed by atoms with van der Waals surface area (Å²) < 4.78 is 27.5. The highest BCUT2D eigenvalue weighted by molar-refractivity contribution is 7.89. The lowest BCUT2D eigenvalue weighted by molar-refractivity contribution is 0.187. The molecular formula is C13H20N4O2S2. The summed E-state index contributed by atoms with van der Waals surface area (Å²) in [6, 6.07) is 3.25. The van der Waals surface area contributed by atoms with Gasteiger partial charge in [0.15, 0.2) is 0 Å². The zero-order valence-corrected chi connectivity index (χ0v) is 13.6. The van der Waals surface area contributed by atoms with Gasteiger partial charge >= 0.3 is 0 Å². The number of sulfonamides is 1. The molecule has 1 atom stereocenters. The summed E-state index contributed by atoms with van der Waals surface area (Å²) in [6.45, 7) is 1.38. The van der Waals surface area contributed by atoms with Crippen LogP contribution in [0.2, 0.25) is 0 Å². The molecule has 1 aliphatic heterocycles. The molecule has 0 amide bonds. The molecule has 8 heteroatoms. The van der Waals surface area contributed by atoms with Gasteiger partial charge in [-0.15, -0.1) is 0 Å². The van der Waals surface area contributed by atoms with Crippen molar-refractivity contribution in [1.29, 1.82) is 0 Å². The van der Waals surface area contributed by atoms with E-state index in [-0.39, 0.29) is 21.6 Å². The summed E-state index contributed by atoms with van der Waals surface area (Å²) in [7, 11) is -1.65. The van der Waals surface area contributed by atoms with Gasteiger partial charge in [-0.05, 0) is 38.6 Å². The highest BCUT2D eigenvalue weighted by atomic mass is 32.2. The van der Waals surface area contributed by atoms with Gasteiger partial charge in [-0.1, -0.05) is 18.6 Å². The smallest absolute Gasteiger partial charge is 0.242 e. The van der Waals surface area contributed by atoms with Crippen molar-refractivity contribution in [3.8, 4) is 0 Å². The maximum absolute atomic E-state index is 12.4. The first-order valence-electron chi connectivity index (χ1n) is 6.86. The molecule has 0 radical (unpaired) electrons. The van der Waals surface area contributed by atoms with Gasteiger partial charge in [0.05, 0.1) is 0 Å². The van der Waals surface area contributed by atoms with Crippen molar-refractivity contribution in [1.82, 2.24) is 14.6 Å². The highest BCUT2D eigenvalue weighted by Crippen LogP contribution is 2.16. The Kier molecular flexibility index (Phi) is 5.26. The molecule has 1 aromatic heterocycles. The van der Waals surface area contributed by atoms with Crippen LogP contribution in [0.15, 0.2) is 23.2 Å². The van der Waals surface area contributed by atoms with Crippen molar-refractivity contribution in [2.75, 3.05) is 20.1 Å². The van der Waals surface area contributed by atoms with E-state index in [0.717, 1.165) is 25.8 Å². The average Bonchev–Trinajstić information content (AvgIpc) is 2.46. The number of aromatic nitrogens is 1. The Labute approximate surface area is 130 Å². The van der Waals surface area contributed by atoms with Crippen molar-refractivity contribution < 1.29 is 8.42 Å². The van der Waals surface area contributed by atoms with Crippen molar-refractivity contribution in [2.24, 2.45) is 5.73 Å². The molecule has 0 spiro atoms. The van der Waals surface area contributed by atoms with Crippen molar-refractivity contribution >= 4 is 27.2 Å². The van der Waals surface area contributed by atoms with E-state index in [4.69, 9.17) is 18.0 Å². The maximum atomic E-state index is 12.4. The molecule has 1 aliphatic rings. The third kappa shape index (κ3) is 3.97. The minimum Gasteiger partial charge on any atom is -0.388 e. The predicted octanol–water partition coefficient (Wildman–Crippen LogP) is 0.478. The van der Waals surface area contributed by atoms with Gasteiger partial charge in [-0.2, -0.15) is 0 Å². The maximum Gasteiger partial charge on any atom is 0.242 e. The van der Waals surface area contributed by atoms with Gasteiger partial charge in [0, 0.05) is 18.8 Å². The fourth-order valence-electron chi connectivity index (χ4n) is 2.48. The lowest BCUT2D eigenvalue weighted by atomic mass is 10.0. The molecule has 2 heterocycles. The topological polar surface area (TPSA) is 88.3 Å². The van der Waals surface area contributed by atoms with Gasteiger partial charge in [-0.3, -0.25) is 4.98 Å². The first-order valence-corrected chi connectivity index (χ1v) is 8.75. The number of nitrogens with two attached hydrogens (primary N) is 1. The molecule has 21 heavy (non-hydrogen) atoms. The lowest BCUT2D eigenvalue weighted by Crippen LogP contribution is -2.44. The lowest BCUT2D eigenvalue weighted by Gasteiger charge is -2.32. The number of hydrogen-bond donors (Lipinski definition) is 2. The van der Waals surface area contributed by atoms with E-state index in [2.05, 4.69) is 14.6 Å². The Bertz CT molecular complexity index is 618. The van der Waals surface area contributed by atoms with Crippen LogP contribution < -0.4 is 10.5 Å². The zero-order chi connectivity index (χ0) is 15.5. The molecule has 116 valence electrons. The molecule has 1 fully saturated rings. The molecule has 6 nitrogen and oxygen atoms in total. The van der Waals surface area contributed by atoms with Crippen molar-refractivity contribution in [2.45, 2.75) is 30.2 Å². The first-order chi connectivity index (χ1) is 9.92. The summed E-state index contributed by atoms with van der Waals surface area (Å²) in [6.07, 6.45) is 4.76. The summed E-state index contributed by atoms with van der Waals surface area (Å²) in [5, 5.41) is 0. The molecule has 1 saturated heterocycles. The van der Waals surface area contributed by atoms with Crippen molar-refractivity contribution in [3.05, 3.63) is 24.0 Å². The standard InChI is InChI=1S/C13H20N4O2S2/c1-17-8-3-2-5-10(17)9-16-21(18,19)11-6-4-7-15-12(11)13(14)20/h4,6-7,10,16H,2-3,5,8-9H2,1H3,(H2,14,20). The fraction of sp³-hybridized carbons (Fsp3) is 0.538. The van der Waals surface area contributed by atoms with E-state index in [1.807, 2.05) is 7.05 Å². The molecule has 1 unspecified atom stereocenters. The Morgan fingerprint density at radius 3 is 3.00 bits per heavy atom. The molecule has 1 aromatic rings. The number of nitrogens with zero attached hydrogens (tertiary/aromatic N) is 2. The van der Waals surface area contributed by atoms with E-state index in [9.17, 15) is 8.42 Å². The van der Waals surface area contributed by atoms with Gasteiger partial charge in [-0.25, -0.2) is 13.1 Å². The quantitative estimate of drug-likeness (QED) is 0.764. The summed E-state index contributed by atoms with van der Waals surface area (Å²) >= 11 is 4.86. The third-order valence-electron chi connectivity index (χ3n) is 3.72. The van der Waals surface area contributed by atoms with E-state index in [1.54, 1.807) is 6.07 Å². The summed E-state index contributed by atoms with van der Waals surface area (Å²) in [5.74, 6) is 0. The number of rotatable bonds is 5. The van der Waals surface area contributed by atoms with Crippen LogP contribution in [0, 0.1) is 0 Å². The van der Waals surface area contributed by atoms with Crippen molar-refractivity contribution in [3.63, 3.8) is 0 Å². The third-order valence-corrected chi connectivity index (χ3v) is 5.37. The molecule has 0 aliphatic carbocycles. The largest absolute Gasteiger partial charge is 0.388 e. The fourth-order valence-corrected chi connectivity index (χ4v) is 3.95. The second-order valence-electron chi connectivity index (χ2n) is 5.20. The van der Waals surface area contributed by atoms with Gasteiger partial charge in [0.2, 0.25) is 10.0 Å². The Hall–Kier alpha value is -1.09. The van der Waals surface area contributed by atoms with E-state index in [0.29, 0.717) is 6.54 Å². The number of likely N-dealkylation sites (N-methyl/N-ethyl adjacent to an activating group) is 1. The molecule has 0 bridgehead atoms. The Balaban J connectivity index is 2.13. The van der Waals surface area contributed by atoms with Gasteiger partial charge in [0.1, 0.15) is 15.6 Å². The summed E-state index contributed by atoms with van der Waals surface area (Å²) in [5.41, 5.74) is 5.68.